The van der Waals surface area contributed by atoms with Crippen LogP contribution in [0.1, 0.15) is 43.7 Å². The van der Waals surface area contributed by atoms with Gasteiger partial charge in [-0.15, -0.1) is 0 Å². The lowest BCUT2D eigenvalue weighted by atomic mass is 9.88. The summed E-state index contributed by atoms with van der Waals surface area (Å²) in [4.78, 5) is 12.3. The van der Waals surface area contributed by atoms with Crippen molar-refractivity contribution >= 4 is 5.97 Å². The zero-order valence-electron chi connectivity index (χ0n) is 12.1. The molecule has 0 aromatic heterocycles. The Morgan fingerprint density at radius 1 is 1.25 bits per heavy atom. The zero-order chi connectivity index (χ0) is 13.9. The van der Waals surface area contributed by atoms with Gasteiger partial charge in [0.25, 0.3) is 0 Å². The molecule has 1 aromatic rings. The van der Waals surface area contributed by atoms with Gasteiger partial charge < -0.3 is 10.1 Å². The highest BCUT2D eigenvalue weighted by Crippen LogP contribution is 2.26. The molecule has 1 saturated carbocycles. The van der Waals surface area contributed by atoms with Crippen LogP contribution in [0.2, 0.25) is 0 Å². The van der Waals surface area contributed by atoms with Crippen molar-refractivity contribution in [3.8, 4) is 0 Å². The van der Waals surface area contributed by atoms with E-state index in [2.05, 4.69) is 24.4 Å². The van der Waals surface area contributed by atoms with E-state index >= 15 is 0 Å². The molecule has 1 aromatic carbocycles. The predicted molar refractivity (Wildman–Crippen MR) is 78.3 cm³/mol. The average molecular weight is 273 g/mol. The second kappa shape index (κ2) is 5.96. The maximum Gasteiger partial charge on any atom is 0.323 e. The molecule has 2 aliphatic rings. The first-order valence-corrected chi connectivity index (χ1v) is 7.73. The maximum atomic E-state index is 12.3. The van der Waals surface area contributed by atoms with Crippen molar-refractivity contribution < 1.29 is 9.53 Å². The summed E-state index contributed by atoms with van der Waals surface area (Å²) >= 11 is 0. The van der Waals surface area contributed by atoms with Crippen LogP contribution in [-0.4, -0.2) is 18.1 Å². The molecule has 1 N–H and O–H groups in total. The number of benzene rings is 1. The Morgan fingerprint density at radius 3 is 2.85 bits per heavy atom. The summed E-state index contributed by atoms with van der Waals surface area (Å²) in [6.45, 7) is 3.01. The standard InChI is InChI=1S/C17H23NO2/c1-12-5-4-8-15(9-12)20-17(19)16-10-13-6-2-3-7-14(13)11-18-16/h2-3,6-7,12,15-16,18H,4-5,8-11H2,1H3/t12?,15?,16-/m1/s1. The Labute approximate surface area is 120 Å². The fourth-order valence-electron chi connectivity index (χ4n) is 3.35. The molecule has 1 heterocycles. The topological polar surface area (TPSA) is 38.3 Å². The Bertz CT molecular complexity index is 486. The third-order valence-corrected chi connectivity index (χ3v) is 4.54. The summed E-state index contributed by atoms with van der Waals surface area (Å²) in [5, 5.41) is 3.30. The van der Waals surface area contributed by atoms with Gasteiger partial charge in [0.05, 0.1) is 0 Å². The number of nitrogens with one attached hydrogen (secondary N) is 1. The van der Waals surface area contributed by atoms with Gasteiger partial charge in [0, 0.05) is 6.54 Å². The van der Waals surface area contributed by atoms with Crippen LogP contribution in [0, 0.1) is 5.92 Å². The molecule has 1 fully saturated rings. The van der Waals surface area contributed by atoms with Gasteiger partial charge in [-0.25, -0.2) is 0 Å². The Hall–Kier alpha value is -1.35. The molecular weight excluding hydrogens is 250 g/mol. The van der Waals surface area contributed by atoms with Gasteiger partial charge in [0.1, 0.15) is 12.1 Å². The number of hydrogen-bond donors (Lipinski definition) is 1. The second-order valence-electron chi connectivity index (χ2n) is 6.24. The van der Waals surface area contributed by atoms with E-state index < -0.39 is 0 Å². The Kier molecular flexibility index (Phi) is 4.06. The maximum absolute atomic E-state index is 12.3. The quantitative estimate of drug-likeness (QED) is 0.842. The molecule has 3 heteroatoms. The van der Waals surface area contributed by atoms with E-state index in [1.807, 2.05) is 12.1 Å². The molecule has 0 spiro atoms. The van der Waals surface area contributed by atoms with Crippen molar-refractivity contribution in [1.82, 2.24) is 5.32 Å². The first-order chi connectivity index (χ1) is 9.72. The van der Waals surface area contributed by atoms with Crippen LogP contribution in [0.15, 0.2) is 24.3 Å². The van der Waals surface area contributed by atoms with Gasteiger partial charge in [-0.1, -0.05) is 37.6 Å². The minimum Gasteiger partial charge on any atom is -0.461 e. The van der Waals surface area contributed by atoms with E-state index in [4.69, 9.17) is 4.74 Å². The molecular formula is C17H23NO2. The molecule has 20 heavy (non-hydrogen) atoms. The number of esters is 1. The zero-order valence-corrected chi connectivity index (χ0v) is 12.1. The SMILES string of the molecule is CC1CCCC(OC(=O)[C@H]2Cc3ccccc3CN2)C1. The van der Waals surface area contributed by atoms with E-state index in [0.29, 0.717) is 5.92 Å². The van der Waals surface area contributed by atoms with Crippen LogP contribution in [0.5, 0.6) is 0 Å². The largest absolute Gasteiger partial charge is 0.461 e. The number of fused-ring (bicyclic) bond motifs is 1. The lowest BCUT2D eigenvalue weighted by Gasteiger charge is -2.30. The summed E-state index contributed by atoms with van der Waals surface area (Å²) in [6.07, 6.45) is 5.37. The third-order valence-electron chi connectivity index (χ3n) is 4.54. The van der Waals surface area contributed by atoms with E-state index in [0.717, 1.165) is 25.8 Å². The van der Waals surface area contributed by atoms with Crippen LogP contribution < -0.4 is 5.32 Å². The normalized spacial score (nSPS) is 29.6. The number of hydrogen-bond acceptors (Lipinski definition) is 3. The molecule has 2 unspecified atom stereocenters. The Morgan fingerprint density at radius 2 is 2.05 bits per heavy atom. The fraction of sp³-hybridized carbons (Fsp3) is 0.588. The smallest absolute Gasteiger partial charge is 0.323 e. The predicted octanol–water partition coefficient (Wildman–Crippen LogP) is 2.82. The highest BCUT2D eigenvalue weighted by Gasteiger charge is 2.29. The van der Waals surface area contributed by atoms with Crippen molar-refractivity contribution in [1.29, 1.82) is 0 Å². The van der Waals surface area contributed by atoms with E-state index in [-0.39, 0.29) is 18.1 Å². The number of ether oxygens (including phenoxy) is 1. The summed E-state index contributed by atoms with van der Waals surface area (Å²) in [5.41, 5.74) is 2.56. The van der Waals surface area contributed by atoms with Crippen molar-refractivity contribution in [3.63, 3.8) is 0 Å². The molecule has 1 aliphatic carbocycles. The van der Waals surface area contributed by atoms with Crippen molar-refractivity contribution in [3.05, 3.63) is 35.4 Å². The monoisotopic (exact) mass is 273 g/mol. The van der Waals surface area contributed by atoms with E-state index in [9.17, 15) is 4.79 Å². The number of carbonyl (C=O) groups is 1. The molecule has 0 radical (unpaired) electrons. The van der Waals surface area contributed by atoms with Gasteiger partial charge in [-0.2, -0.15) is 0 Å². The summed E-state index contributed by atoms with van der Waals surface area (Å²) in [5.74, 6) is 0.611. The highest BCUT2D eigenvalue weighted by molar-refractivity contribution is 5.77. The second-order valence-corrected chi connectivity index (χ2v) is 6.24. The Balaban J connectivity index is 1.59. The highest BCUT2D eigenvalue weighted by atomic mass is 16.5. The lowest BCUT2D eigenvalue weighted by molar-refractivity contribution is -0.154. The van der Waals surface area contributed by atoms with Crippen LogP contribution in [0.25, 0.3) is 0 Å². The molecule has 1 aliphatic heterocycles. The van der Waals surface area contributed by atoms with Gasteiger partial charge in [-0.3, -0.25) is 4.79 Å². The minimum atomic E-state index is -0.179. The molecule has 3 atom stereocenters. The first-order valence-electron chi connectivity index (χ1n) is 7.73. The fourth-order valence-corrected chi connectivity index (χ4v) is 3.35. The summed E-state index contributed by atoms with van der Waals surface area (Å²) in [6, 6.07) is 8.13. The van der Waals surface area contributed by atoms with Gasteiger partial charge >= 0.3 is 5.97 Å². The van der Waals surface area contributed by atoms with Crippen molar-refractivity contribution in [2.75, 3.05) is 0 Å². The first kappa shape index (κ1) is 13.6. The molecule has 0 bridgehead atoms. The third kappa shape index (κ3) is 3.04. The van der Waals surface area contributed by atoms with Crippen molar-refractivity contribution in [2.45, 2.75) is 57.7 Å². The molecule has 3 nitrogen and oxygen atoms in total. The van der Waals surface area contributed by atoms with Crippen LogP contribution in [0.3, 0.4) is 0 Å². The number of carbonyl (C=O) groups excluding carboxylic acids is 1. The molecule has 108 valence electrons. The van der Waals surface area contributed by atoms with E-state index in [1.165, 1.54) is 24.0 Å². The molecule has 0 saturated heterocycles. The van der Waals surface area contributed by atoms with Crippen LogP contribution in [0.4, 0.5) is 0 Å². The van der Waals surface area contributed by atoms with Crippen molar-refractivity contribution in [2.24, 2.45) is 5.92 Å². The van der Waals surface area contributed by atoms with E-state index in [1.54, 1.807) is 0 Å². The molecule has 0 amide bonds. The number of rotatable bonds is 2. The summed E-state index contributed by atoms with van der Waals surface area (Å²) in [7, 11) is 0. The molecule has 3 rings (SSSR count). The van der Waals surface area contributed by atoms with Gasteiger partial charge in [-0.05, 0) is 42.7 Å². The average Bonchev–Trinajstić information content (AvgIpc) is 2.47. The van der Waals surface area contributed by atoms with Gasteiger partial charge in [0.2, 0.25) is 0 Å². The van der Waals surface area contributed by atoms with Gasteiger partial charge in [0.15, 0.2) is 0 Å². The van der Waals surface area contributed by atoms with Crippen LogP contribution in [-0.2, 0) is 22.5 Å². The summed E-state index contributed by atoms with van der Waals surface area (Å²) < 4.78 is 5.71. The minimum absolute atomic E-state index is 0.0707. The lowest BCUT2D eigenvalue weighted by Crippen LogP contribution is -2.44. The van der Waals surface area contributed by atoms with Crippen LogP contribution >= 0.6 is 0 Å².